The number of aromatic amines is 2. The molecule has 4 rings (SSSR count). The summed E-state index contributed by atoms with van der Waals surface area (Å²) in [6, 6.07) is 3.54. The molecule has 0 bridgehead atoms. The first kappa shape index (κ1) is 20.0. The van der Waals surface area contributed by atoms with Gasteiger partial charge in [0.25, 0.3) is 5.56 Å². The summed E-state index contributed by atoms with van der Waals surface area (Å²) in [4.78, 5) is 45.1. The molecule has 158 valence electrons. The fraction of sp³-hybridized carbons (Fsp3) is 0.368. The Balaban J connectivity index is 1.38. The molecule has 3 N–H and O–H groups in total. The van der Waals surface area contributed by atoms with E-state index in [4.69, 9.17) is 21.1 Å². The minimum Gasteiger partial charge on any atom is -0.489 e. The first-order valence-corrected chi connectivity index (χ1v) is 9.83. The molecular formula is C19H20ClN5O5. The highest BCUT2D eigenvalue weighted by Gasteiger charge is 2.16. The van der Waals surface area contributed by atoms with Gasteiger partial charge in [0.05, 0.1) is 18.2 Å². The molecule has 3 aromatic rings. The van der Waals surface area contributed by atoms with Gasteiger partial charge in [0.1, 0.15) is 11.3 Å². The van der Waals surface area contributed by atoms with Crippen molar-refractivity contribution in [1.29, 1.82) is 0 Å². The predicted molar refractivity (Wildman–Crippen MR) is 109 cm³/mol. The lowest BCUT2D eigenvalue weighted by molar-refractivity contribution is -0.121. The fourth-order valence-corrected chi connectivity index (χ4v) is 3.47. The Morgan fingerprint density at radius 1 is 1.27 bits per heavy atom. The molecule has 1 aliphatic rings. The summed E-state index contributed by atoms with van der Waals surface area (Å²) in [7, 11) is 1.51. The molecule has 1 aromatic carbocycles. The van der Waals surface area contributed by atoms with Crippen molar-refractivity contribution in [2.45, 2.75) is 25.8 Å². The van der Waals surface area contributed by atoms with Crippen molar-refractivity contribution in [1.82, 2.24) is 24.8 Å². The van der Waals surface area contributed by atoms with Crippen LogP contribution in [0.4, 0.5) is 0 Å². The molecule has 10 nitrogen and oxygen atoms in total. The number of imidazole rings is 1. The molecule has 2 aromatic heterocycles. The lowest BCUT2D eigenvalue weighted by Gasteiger charge is -2.12. The van der Waals surface area contributed by atoms with Crippen molar-refractivity contribution >= 4 is 28.7 Å². The molecule has 0 fully saturated rings. The zero-order valence-electron chi connectivity index (χ0n) is 16.2. The van der Waals surface area contributed by atoms with Crippen molar-refractivity contribution in [3.8, 4) is 11.5 Å². The van der Waals surface area contributed by atoms with Gasteiger partial charge < -0.3 is 19.8 Å². The lowest BCUT2D eigenvalue weighted by atomic mass is 10.2. The highest BCUT2D eigenvalue weighted by atomic mass is 35.5. The maximum atomic E-state index is 12.3. The van der Waals surface area contributed by atoms with Crippen molar-refractivity contribution in [2.75, 3.05) is 13.2 Å². The predicted octanol–water partition coefficient (Wildman–Crippen LogP) is 1.01. The smallest absolute Gasteiger partial charge is 0.329 e. The summed E-state index contributed by atoms with van der Waals surface area (Å²) < 4.78 is 12.5. The third kappa shape index (κ3) is 4.04. The topological polar surface area (TPSA) is 131 Å². The number of benzene rings is 1. The van der Waals surface area contributed by atoms with E-state index < -0.39 is 11.2 Å². The van der Waals surface area contributed by atoms with Crippen LogP contribution < -0.4 is 26.0 Å². The molecule has 3 heterocycles. The van der Waals surface area contributed by atoms with E-state index in [0.717, 1.165) is 12.0 Å². The average Bonchev–Trinajstić information content (AvgIpc) is 3.01. The number of nitrogens with one attached hydrogen (secondary N) is 3. The quantitative estimate of drug-likeness (QED) is 0.550. The average molecular weight is 434 g/mol. The van der Waals surface area contributed by atoms with Gasteiger partial charge in [-0.1, -0.05) is 11.6 Å². The summed E-state index contributed by atoms with van der Waals surface area (Å²) in [5.41, 5.74) is 0.165. The number of hydrogen-bond acceptors (Lipinski definition) is 6. The Kier molecular flexibility index (Phi) is 5.49. The van der Waals surface area contributed by atoms with E-state index in [2.05, 4.69) is 20.3 Å². The van der Waals surface area contributed by atoms with Crippen LogP contribution in [-0.2, 0) is 24.8 Å². The molecule has 0 radical (unpaired) electrons. The summed E-state index contributed by atoms with van der Waals surface area (Å²) >= 11 is 6.27. The number of ether oxygens (including phenoxy) is 2. The van der Waals surface area contributed by atoms with Gasteiger partial charge in [-0.05, 0) is 17.7 Å². The van der Waals surface area contributed by atoms with Gasteiger partial charge >= 0.3 is 5.69 Å². The first-order chi connectivity index (χ1) is 14.4. The third-order valence-corrected chi connectivity index (χ3v) is 5.02. The van der Waals surface area contributed by atoms with Gasteiger partial charge in [-0.2, -0.15) is 0 Å². The van der Waals surface area contributed by atoms with Gasteiger partial charge in [0.15, 0.2) is 17.1 Å². The van der Waals surface area contributed by atoms with Crippen LogP contribution in [0, 0.1) is 0 Å². The monoisotopic (exact) mass is 433 g/mol. The Morgan fingerprint density at radius 3 is 2.90 bits per heavy atom. The second kappa shape index (κ2) is 8.23. The first-order valence-electron chi connectivity index (χ1n) is 9.45. The van der Waals surface area contributed by atoms with Crippen LogP contribution in [0.5, 0.6) is 11.5 Å². The maximum Gasteiger partial charge on any atom is 0.329 e. The normalized spacial score (nSPS) is 13.3. The molecule has 30 heavy (non-hydrogen) atoms. The molecule has 0 saturated heterocycles. The van der Waals surface area contributed by atoms with Crippen molar-refractivity contribution < 1.29 is 14.3 Å². The minimum absolute atomic E-state index is 0.157. The van der Waals surface area contributed by atoms with E-state index in [9.17, 15) is 14.4 Å². The Labute approximate surface area is 175 Å². The molecule has 0 spiro atoms. The number of aromatic nitrogens is 4. The molecule has 1 amide bonds. The highest BCUT2D eigenvalue weighted by Crippen LogP contribution is 2.37. The van der Waals surface area contributed by atoms with E-state index in [1.807, 2.05) is 0 Å². The van der Waals surface area contributed by atoms with Crippen LogP contribution in [0.25, 0.3) is 11.2 Å². The Bertz CT molecular complexity index is 1230. The van der Waals surface area contributed by atoms with E-state index in [1.54, 1.807) is 12.1 Å². The molecular weight excluding hydrogens is 414 g/mol. The van der Waals surface area contributed by atoms with E-state index in [-0.39, 0.29) is 36.5 Å². The van der Waals surface area contributed by atoms with Crippen LogP contribution in [0.2, 0.25) is 5.02 Å². The van der Waals surface area contributed by atoms with Gasteiger partial charge in [-0.3, -0.25) is 19.1 Å². The number of carbonyl (C=O) groups excluding carboxylic acids is 1. The lowest BCUT2D eigenvalue weighted by Crippen LogP contribution is -2.28. The van der Waals surface area contributed by atoms with Gasteiger partial charge in [-0.15, -0.1) is 0 Å². The number of halogens is 1. The number of hydrogen-bond donors (Lipinski definition) is 3. The van der Waals surface area contributed by atoms with Crippen LogP contribution in [0.3, 0.4) is 0 Å². The van der Waals surface area contributed by atoms with Crippen LogP contribution in [0.1, 0.15) is 24.2 Å². The van der Waals surface area contributed by atoms with Gasteiger partial charge in [0, 0.05) is 32.9 Å². The van der Waals surface area contributed by atoms with E-state index >= 15 is 0 Å². The SMILES string of the molecule is Cn1c(=O)[nH]c(=O)c2[nH]c(CCC(=O)NCc3cc(Cl)c4c(c3)OCCCO4)nc21. The zero-order valence-corrected chi connectivity index (χ0v) is 17.0. The second-order valence-corrected chi connectivity index (χ2v) is 7.34. The molecule has 1 aliphatic heterocycles. The molecule has 0 saturated carbocycles. The fourth-order valence-electron chi connectivity index (χ4n) is 3.18. The third-order valence-electron chi connectivity index (χ3n) is 4.74. The molecule has 0 aliphatic carbocycles. The number of nitrogens with zero attached hydrogens (tertiary/aromatic N) is 2. The Morgan fingerprint density at radius 2 is 2.07 bits per heavy atom. The van der Waals surface area contributed by atoms with E-state index in [1.165, 1.54) is 11.6 Å². The molecule has 11 heteroatoms. The summed E-state index contributed by atoms with van der Waals surface area (Å²) in [6.07, 6.45) is 1.22. The number of fused-ring (bicyclic) bond motifs is 2. The summed E-state index contributed by atoms with van der Waals surface area (Å²) in [6.45, 7) is 1.37. The zero-order chi connectivity index (χ0) is 21.3. The van der Waals surface area contributed by atoms with Crippen molar-refractivity contribution in [2.24, 2.45) is 7.05 Å². The highest BCUT2D eigenvalue weighted by molar-refractivity contribution is 6.32. The van der Waals surface area contributed by atoms with Crippen LogP contribution in [-0.4, -0.2) is 38.6 Å². The standard InChI is InChI=1S/C19H20ClN5O5/c1-25-17-15(18(27)24-19(25)28)22-13(23-17)3-4-14(26)21-9-10-7-11(20)16-12(8-10)29-5-2-6-30-16/h7-8H,2-6,9H2,1H3,(H,21,26)(H,22,23)(H,24,27,28). The summed E-state index contributed by atoms with van der Waals surface area (Å²) in [5, 5.41) is 3.27. The number of rotatable bonds is 5. The summed E-state index contributed by atoms with van der Waals surface area (Å²) in [5.74, 6) is 1.35. The largest absolute Gasteiger partial charge is 0.489 e. The number of carbonyl (C=O) groups is 1. The second-order valence-electron chi connectivity index (χ2n) is 6.93. The van der Waals surface area contributed by atoms with Gasteiger partial charge in [0.2, 0.25) is 5.91 Å². The molecule has 0 atom stereocenters. The van der Waals surface area contributed by atoms with E-state index in [0.29, 0.717) is 35.6 Å². The van der Waals surface area contributed by atoms with Crippen molar-refractivity contribution in [3.63, 3.8) is 0 Å². The molecule has 0 unspecified atom stereocenters. The Hall–Kier alpha value is -3.27. The number of H-pyrrole nitrogens is 2. The van der Waals surface area contributed by atoms with Crippen LogP contribution >= 0.6 is 11.6 Å². The van der Waals surface area contributed by atoms with Crippen molar-refractivity contribution in [3.05, 3.63) is 49.4 Å². The van der Waals surface area contributed by atoms with Crippen LogP contribution in [0.15, 0.2) is 21.7 Å². The number of amides is 1. The maximum absolute atomic E-state index is 12.3. The number of aryl methyl sites for hydroxylation is 2. The van der Waals surface area contributed by atoms with Gasteiger partial charge in [-0.25, -0.2) is 9.78 Å². The minimum atomic E-state index is -0.544.